The van der Waals surface area contributed by atoms with E-state index in [9.17, 15) is 4.39 Å². The number of para-hydroxylation sites is 1. The smallest absolute Gasteiger partial charge is 0.166 e. The Hall–Kier alpha value is -2.40. The third kappa shape index (κ3) is 3.03. The lowest BCUT2D eigenvalue weighted by Gasteiger charge is -2.11. The summed E-state index contributed by atoms with van der Waals surface area (Å²) in [6.07, 6.45) is 4.98. The fourth-order valence-electron chi connectivity index (χ4n) is 2.02. The van der Waals surface area contributed by atoms with Crippen LogP contribution in [0.25, 0.3) is 5.69 Å². The van der Waals surface area contributed by atoms with Crippen LogP contribution in [0.4, 0.5) is 10.2 Å². The third-order valence-corrected chi connectivity index (χ3v) is 3.20. The molecule has 0 spiro atoms. The molecule has 2 heterocycles. The Labute approximate surface area is 126 Å². The van der Waals surface area contributed by atoms with Gasteiger partial charge < -0.3 is 5.32 Å². The van der Waals surface area contributed by atoms with E-state index < -0.39 is 5.82 Å². The van der Waals surface area contributed by atoms with Crippen molar-refractivity contribution in [1.29, 1.82) is 0 Å². The molecule has 0 aliphatic carbocycles. The van der Waals surface area contributed by atoms with Crippen molar-refractivity contribution in [1.82, 2.24) is 14.8 Å². The average Bonchev–Trinajstić information content (AvgIpc) is 3.01. The number of rotatable bonds is 4. The second-order valence-corrected chi connectivity index (χ2v) is 4.85. The van der Waals surface area contributed by atoms with Crippen LogP contribution in [0.2, 0.25) is 5.02 Å². The van der Waals surface area contributed by atoms with Crippen molar-refractivity contribution >= 4 is 17.4 Å². The highest BCUT2D eigenvalue weighted by molar-refractivity contribution is 6.30. The van der Waals surface area contributed by atoms with Crippen LogP contribution in [0, 0.1) is 5.82 Å². The summed E-state index contributed by atoms with van der Waals surface area (Å²) < 4.78 is 15.5. The molecule has 3 aromatic rings. The van der Waals surface area contributed by atoms with Gasteiger partial charge in [-0.3, -0.25) is 0 Å². The number of hydrogen-bond acceptors (Lipinski definition) is 3. The fourth-order valence-corrected chi connectivity index (χ4v) is 2.16. The molecule has 106 valence electrons. The summed E-state index contributed by atoms with van der Waals surface area (Å²) >= 11 is 5.69. The van der Waals surface area contributed by atoms with E-state index >= 15 is 0 Å². The normalized spacial score (nSPS) is 10.6. The zero-order valence-electron chi connectivity index (χ0n) is 11.0. The summed E-state index contributed by atoms with van der Waals surface area (Å²) in [5.41, 5.74) is 1.92. The summed E-state index contributed by atoms with van der Waals surface area (Å²) in [7, 11) is 0. The van der Waals surface area contributed by atoms with E-state index in [2.05, 4.69) is 15.4 Å². The molecule has 6 heteroatoms. The zero-order chi connectivity index (χ0) is 14.7. The van der Waals surface area contributed by atoms with Gasteiger partial charge in [0.05, 0.1) is 10.7 Å². The second-order valence-electron chi connectivity index (χ2n) is 4.42. The van der Waals surface area contributed by atoms with Gasteiger partial charge in [0.25, 0.3) is 0 Å². The first kappa shape index (κ1) is 13.6. The molecule has 0 saturated heterocycles. The molecule has 0 unspecified atom stereocenters. The van der Waals surface area contributed by atoms with Crippen LogP contribution in [-0.2, 0) is 6.54 Å². The van der Waals surface area contributed by atoms with Crippen molar-refractivity contribution in [2.24, 2.45) is 0 Å². The van der Waals surface area contributed by atoms with Gasteiger partial charge in [-0.2, -0.15) is 5.10 Å². The predicted octanol–water partition coefficient (Wildman–Crippen LogP) is 3.67. The van der Waals surface area contributed by atoms with Crippen molar-refractivity contribution in [3.8, 4) is 5.69 Å². The highest BCUT2D eigenvalue weighted by Gasteiger charge is 2.07. The molecule has 2 aromatic heterocycles. The molecule has 0 aliphatic rings. The molecule has 1 N–H and O–H groups in total. The molecule has 0 saturated carbocycles. The monoisotopic (exact) mass is 302 g/mol. The summed E-state index contributed by atoms with van der Waals surface area (Å²) in [5, 5.41) is 7.46. The number of aromatic nitrogens is 3. The van der Waals surface area contributed by atoms with Gasteiger partial charge in [0.2, 0.25) is 0 Å². The number of benzene rings is 1. The van der Waals surface area contributed by atoms with Crippen molar-refractivity contribution < 1.29 is 4.39 Å². The molecule has 21 heavy (non-hydrogen) atoms. The summed E-state index contributed by atoms with van der Waals surface area (Å²) in [5.74, 6) is -0.297. The van der Waals surface area contributed by atoms with Crippen molar-refractivity contribution in [3.63, 3.8) is 0 Å². The number of hydrogen-bond donors (Lipinski definition) is 1. The van der Waals surface area contributed by atoms with Gasteiger partial charge in [0.15, 0.2) is 11.6 Å². The van der Waals surface area contributed by atoms with Gasteiger partial charge in [-0.1, -0.05) is 29.8 Å². The minimum atomic E-state index is -0.473. The van der Waals surface area contributed by atoms with Crippen molar-refractivity contribution in [2.45, 2.75) is 6.54 Å². The summed E-state index contributed by atoms with van der Waals surface area (Å²) in [4.78, 5) is 3.94. The maximum absolute atomic E-state index is 13.7. The van der Waals surface area contributed by atoms with Gasteiger partial charge in [-0.05, 0) is 23.8 Å². The molecule has 4 nitrogen and oxygen atoms in total. The summed E-state index contributed by atoms with van der Waals surface area (Å²) in [6, 6.07) is 10.9. The lowest BCUT2D eigenvalue weighted by atomic mass is 10.2. The van der Waals surface area contributed by atoms with Gasteiger partial charge in [-0.15, -0.1) is 0 Å². The number of pyridine rings is 1. The number of halogens is 2. The molecular formula is C15H12ClFN4. The molecule has 0 bridgehead atoms. The lowest BCUT2D eigenvalue weighted by molar-refractivity contribution is 0.624. The van der Waals surface area contributed by atoms with Crippen molar-refractivity contribution in [3.05, 3.63) is 71.4 Å². The van der Waals surface area contributed by atoms with Crippen LogP contribution in [0.1, 0.15) is 5.56 Å². The van der Waals surface area contributed by atoms with Gasteiger partial charge in [-0.25, -0.2) is 14.1 Å². The zero-order valence-corrected chi connectivity index (χ0v) is 11.8. The Morgan fingerprint density at radius 2 is 2.10 bits per heavy atom. The van der Waals surface area contributed by atoms with E-state index in [1.807, 2.05) is 36.5 Å². The minimum absolute atomic E-state index is 0.176. The van der Waals surface area contributed by atoms with Crippen molar-refractivity contribution in [2.75, 3.05) is 5.32 Å². The second kappa shape index (κ2) is 5.93. The van der Waals surface area contributed by atoms with Gasteiger partial charge in [0, 0.05) is 25.1 Å². The largest absolute Gasteiger partial charge is 0.363 e. The van der Waals surface area contributed by atoms with E-state index in [1.165, 1.54) is 12.3 Å². The Bertz CT molecular complexity index is 743. The first-order valence-corrected chi connectivity index (χ1v) is 6.74. The molecular weight excluding hydrogens is 291 g/mol. The van der Waals surface area contributed by atoms with Crippen LogP contribution >= 0.6 is 11.6 Å². The first-order chi connectivity index (χ1) is 10.2. The first-order valence-electron chi connectivity index (χ1n) is 6.37. The van der Waals surface area contributed by atoms with Gasteiger partial charge >= 0.3 is 0 Å². The molecule has 0 atom stereocenters. The SMILES string of the molecule is Fc1cc(Cl)cnc1NCc1ccccc1-n1cccn1. The van der Waals surface area contributed by atoms with Crippen LogP contribution < -0.4 is 5.32 Å². The molecule has 3 rings (SSSR count). The minimum Gasteiger partial charge on any atom is -0.363 e. The molecule has 0 radical (unpaired) electrons. The van der Waals surface area contributed by atoms with E-state index in [-0.39, 0.29) is 10.8 Å². The highest BCUT2D eigenvalue weighted by atomic mass is 35.5. The topological polar surface area (TPSA) is 42.7 Å². The Kier molecular flexibility index (Phi) is 3.83. The Morgan fingerprint density at radius 1 is 1.24 bits per heavy atom. The van der Waals surface area contributed by atoms with Crippen LogP contribution in [0.5, 0.6) is 0 Å². The van der Waals surface area contributed by atoms with Crippen LogP contribution in [0.15, 0.2) is 55.0 Å². The number of anilines is 1. The molecule has 1 aromatic carbocycles. The standard InChI is InChI=1S/C15H12ClFN4/c16-12-8-13(17)15(19-10-12)18-9-11-4-1-2-5-14(11)21-7-3-6-20-21/h1-8,10H,9H2,(H,18,19). The number of nitrogens with zero attached hydrogens (tertiary/aromatic N) is 3. The number of nitrogens with one attached hydrogen (secondary N) is 1. The molecule has 0 fully saturated rings. The quantitative estimate of drug-likeness (QED) is 0.799. The maximum Gasteiger partial charge on any atom is 0.166 e. The van der Waals surface area contributed by atoms with Crippen LogP contribution in [0.3, 0.4) is 0 Å². The van der Waals surface area contributed by atoms with E-state index in [1.54, 1.807) is 10.9 Å². The highest BCUT2D eigenvalue weighted by Crippen LogP contribution is 2.18. The molecule has 0 amide bonds. The maximum atomic E-state index is 13.7. The van der Waals surface area contributed by atoms with E-state index in [0.717, 1.165) is 11.3 Å². The average molecular weight is 303 g/mol. The van der Waals surface area contributed by atoms with E-state index in [0.29, 0.717) is 6.54 Å². The fraction of sp³-hybridized carbons (Fsp3) is 0.0667. The molecule has 0 aliphatic heterocycles. The van der Waals surface area contributed by atoms with Crippen LogP contribution in [-0.4, -0.2) is 14.8 Å². The Balaban J connectivity index is 1.83. The predicted molar refractivity (Wildman–Crippen MR) is 80.1 cm³/mol. The van der Waals surface area contributed by atoms with E-state index in [4.69, 9.17) is 11.6 Å². The Morgan fingerprint density at radius 3 is 2.86 bits per heavy atom. The lowest BCUT2D eigenvalue weighted by Crippen LogP contribution is -2.07. The van der Waals surface area contributed by atoms with Gasteiger partial charge in [0.1, 0.15) is 0 Å². The summed E-state index contributed by atoms with van der Waals surface area (Å²) in [6.45, 7) is 0.432. The third-order valence-electron chi connectivity index (χ3n) is 3.00.